The average Bonchev–Trinajstić information content (AvgIpc) is 2.72. The molecule has 0 radical (unpaired) electrons. The predicted molar refractivity (Wildman–Crippen MR) is 112 cm³/mol. The second-order valence-corrected chi connectivity index (χ2v) is 8.22. The first kappa shape index (κ1) is 21.8. The monoisotopic (exact) mass is 449 g/mol. The van der Waals surface area contributed by atoms with Gasteiger partial charge in [0.05, 0.1) is 17.0 Å². The topological polar surface area (TPSA) is 107 Å². The lowest BCUT2D eigenvalue weighted by atomic mass is 9.92. The highest BCUT2D eigenvalue weighted by molar-refractivity contribution is 6.04. The van der Waals surface area contributed by atoms with E-state index in [1.165, 1.54) is 12.1 Å². The minimum Gasteiger partial charge on any atom is -0.342 e. The Labute approximate surface area is 181 Å². The number of halogens is 3. The van der Waals surface area contributed by atoms with E-state index in [1.54, 1.807) is 0 Å². The smallest absolute Gasteiger partial charge is 0.342 e. The van der Waals surface area contributed by atoms with Crippen molar-refractivity contribution < 1.29 is 22.8 Å². The molecule has 3 N–H and O–H groups in total. The minimum atomic E-state index is -4.57. The van der Waals surface area contributed by atoms with Crippen molar-refractivity contribution in [3.8, 4) is 0 Å². The lowest BCUT2D eigenvalue weighted by Gasteiger charge is -2.32. The third-order valence-corrected chi connectivity index (χ3v) is 5.67. The Morgan fingerprint density at radius 3 is 2.78 bits per heavy atom. The summed E-state index contributed by atoms with van der Waals surface area (Å²) in [5.41, 5.74) is -1.58. The fraction of sp³-hybridized carbons (Fsp3) is 0.429. The van der Waals surface area contributed by atoms with Gasteiger partial charge in [-0.25, -0.2) is 0 Å². The van der Waals surface area contributed by atoms with Crippen LogP contribution in [0.3, 0.4) is 0 Å². The zero-order chi connectivity index (χ0) is 23.0. The quantitative estimate of drug-likeness (QED) is 0.668. The number of hydrogen-bond donors (Lipinski definition) is 3. The summed E-state index contributed by atoms with van der Waals surface area (Å²) in [4.78, 5) is 46.9. The summed E-state index contributed by atoms with van der Waals surface area (Å²) in [6.45, 7) is 3.51. The molecule has 3 heterocycles. The molecule has 1 fully saturated rings. The van der Waals surface area contributed by atoms with Crippen molar-refractivity contribution in [2.45, 2.75) is 38.3 Å². The normalized spacial score (nSPS) is 21.0. The Kier molecular flexibility index (Phi) is 5.66. The fourth-order valence-electron chi connectivity index (χ4n) is 4.12. The molecule has 2 aromatic rings. The molecule has 8 nitrogen and oxygen atoms in total. The Bertz CT molecular complexity index is 1110. The van der Waals surface area contributed by atoms with Crippen molar-refractivity contribution in [1.82, 2.24) is 9.97 Å². The van der Waals surface area contributed by atoms with Gasteiger partial charge in [-0.1, -0.05) is 13.0 Å². The number of nitrogens with zero attached hydrogens (tertiary/aromatic N) is 2. The van der Waals surface area contributed by atoms with Gasteiger partial charge < -0.3 is 15.5 Å². The molecule has 2 aliphatic rings. The molecule has 4 rings (SSSR count). The predicted octanol–water partition coefficient (Wildman–Crippen LogP) is 3.09. The number of H-pyrrole nitrogens is 1. The number of amides is 2. The summed E-state index contributed by atoms with van der Waals surface area (Å²) >= 11 is 0. The van der Waals surface area contributed by atoms with Gasteiger partial charge in [-0.3, -0.25) is 19.4 Å². The zero-order valence-corrected chi connectivity index (χ0v) is 17.3. The molecule has 1 aromatic carbocycles. The molecule has 0 saturated carbocycles. The maximum atomic E-state index is 13.0. The molecular weight excluding hydrogens is 427 g/mol. The second-order valence-electron chi connectivity index (χ2n) is 8.22. The molecule has 2 aliphatic heterocycles. The lowest BCUT2D eigenvalue weighted by molar-refractivity contribution is -0.137. The van der Waals surface area contributed by atoms with Crippen molar-refractivity contribution in [3.63, 3.8) is 0 Å². The third-order valence-electron chi connectivity index (χ3n) is 5.67. The van der Waals surface area contributed by atoms with Crippen LogP contribution in [0.15, 0.2) is 29.1 Å². The number of nitrogens with one attached hydrogen (secondary N) is 3. The number of piperidine rings is 1. The van der Waals surface area contributed by atoms with Gasteiger partial charge in [-0.2, -0.15) is 18.2 Å². The first-order valence-corrected chi connectivity index (χ1v) is 10.3. The zero-order valence-electron chi connectivity index (χ0n) is 17.3. The van der Waals surface area contributed by atoms with Gasteiger partial charge >= 0.3 is 6.18 Å². The number of aromatic nitrogens is 2. The Hall–Kier alpha value is -3.37. The van der Waals surface area contributed by atoms with Gasteiger partial charge in [0.2, 0.25) is 17.8 Å². The van der Waals surface area contributed by atoms with Crippen LogP contribution in [0.5, 0.6) is 0 Å². The van der Waals surface area contributed by atoms with Crippen molar-refractivity contribution in [1.29, 1.82) is 0 Å². The molecule has 2 amide bonds. The van der Waals surface area contributed by atoms with E-state index in [-0.39, 0.29) is 23.5 Å². The van der Waals surface area contributed by atoms with E-state index in [1.807, 2.05) is 4.90 Å². The van der Waals surface area contributed by atoms with E-state index in [2.05, 4.69) is 27.5 Å². The van der Waals surface area contributed by atoms with Crippen molar-refractivity contribution in [2.75, 3.05) is 28.6 Å². The number of carbonyl (C=O) groups excluding carboxylic acids is 2. The van der Waals surface area contributed by atoms with Crippen LogP contribution in [0.4, 0.5) is 30.6 Å². The number of hydrogen-bond acceptors (Lipinski definition) is 5. The molecule has 1 saturated heterocycles. The summed E-state index contributed by atoms with van der Waals surface area (Å²) < 4.78 is 38.9. The number of aromatic amines is 1. The van der Waals surface area contributed by atoms with E-state index in [0.29, 0.717) is 25.0 Å². The van der Waals surface area contributed by atoms with Crippen molar-refractivity contribution >= 4 is 29.3 Å². The maximum absolute atomic E-state index is 13.0. The highest BCUT2D eigenvalue weighted by atomic mass is 19.4. The van der Waals surface area contributed by atoms with Gasteiger partial charge in [0.25, 0.3) is 5.56 Å². The number of benzene rings is 1. The largest absolute Gasteiger partial charge is 0.416 e. The number of anilines is 3. The minimum absolute atomic E-state index is 0.00224. The SMILES string of the molecule is C[C@H]1CCCN(c2nc3c(c(=O)[nH]2)[C@@H](C(=O)Nc2cccc(C(F)(F)F)c2)CC(=O)N3)C1. The third kappa shape index (κ3) is 4.46. The summed E-state index contributed by atoms with van der Waals surface area (Å²) in [6, 6.07) is 4.15. The van der Waals surface area contributed by atoms with E-state index in [0.717, 1.165) is 25.0 Å². The molecule has 170 valence electrons. The van der Waals surface area contributed by atoms with Gasteiger partial charge in [0.1, 0.15) is 5.82 Å². The van der Waals surface area contributed by atoms with E-state index in [4.69, 9.17) is 0 Å². The van der Waals surface area contributed by atoms with Gasteiger partial charge in [0.15, 0.2) is 0 Å². The number of carbonyl (C=O) groups is 2. The molecular formula is C21H22F3N5O3. The Balaban J connectivity index is 1.62. The van der Waals surface area contributed by atoms with Crippen LogP contribution in [-0.2, 0) is 15.8 Å². The standard InChI is InChI=1S/C21H22F3N5O3/c1-11-4-3-7-29(10-11)20-27-17-16(19(32)28-20)14(9-15(30)26-17)18(31)25-13-6-2-5-12(8-13)21(22,23)24/h2,5-6,8,11,14H,3-4,7,9-10H2,1H3,(H,25,31)(H2,26,27,28,30,32)/t11-,14-/m0/s1. The van der Waals surface area contributed by atoms with E-state index < -0.39 is 35.0 Å². The Morgan fingerprint density at radius 2 is 2.06 bits per heavy atom. The van der Waals surface area contributed by atoms with Crippen molar-refractivity contribution in [3.05, 3.63) is 45.7 Å². The van der Waals surface area contributed by atoms with E-state index >= 15 is 0 Å². The highest BCUT2D eigenvalue weighted by Crippen LogP contribution is 2.33. The molecule has 0 aliphatic carbocycles. The summed E-state index contributed by atoms with van der Waals surface area (Å²) in [5.74, 6) is -1.70. The molecule has 32 heavy (non-hydrogen) atoms. The van der Waals surface area contributed by atoms with Crippen LogP contribution < -0.4 is 21.1 Å². The van der Waals surface area contributed by atoms with Gasteiger partial charge in [0, 0.05) is 25.2 Å². The average molecular weight is 449 g/mol. The molecule has 11 heteroatoms. The second kappa shape index (κ2) is 8.29. The van der Waals surface area contributed by atoms with Crippen LogP contribution in [0.1, 0.15) is 43.2 Å². The summed E-state index contributed by atoms with van der Waals surface area (Å²) in [5, 5.41) is 4.93. The molecule has 0 unspecified atom stereocenters. The highest BCUT2D eigenvalue weighted by Gasteiger charge is 2.36. The van der Waals surface area contributed by atoms with Gasteiger partial charge in [-0.15, -0.1) is 0 Å². The van der Waals surface area contributed by atoms with Crippen LogP contribution in [0.2, 0.25) is 0 Å². The Morgan fingerprint density at radius 1 is 1.28 bits per heavy atom. The number of alkyl halides is 3. The van der Waals surface area contributed by atoms with Gasteiger partial charge in [-0.05, 0) is 37.0 Å². The maximum Gasteiger partial charge on any atom is 0.416 e. The molecule has 2 atom stereocenters. The van der Waals surface area contributed by atoms with Crippen LogP contribution in [0, 0.1) is 5.92 Å². The van der Waals surface area contributed by atoms with Crippen LogP contribution >= 0.6 is 0 Å². The summed E-state index contributed by atoms with van der Waals surface area (Å²) in [7, 11) is 0. The first-order chi connectivity index (χ1) is 15.1. The van der Waals surface area contributed by atoms with E-state index in [9.17, 15) is 27.6 Å². The lowest BCUT2D eigenvalue weighted by Crippen LogP contribution is -2.40. The molecule has 0 spiro atoms. The van der Waals surface area contributed by atoms with Crippen LogP contribution in [0.25, 0.3) is 0 Å². The fourth-order valence-corrected chi connectivity index (χ4v) is 4.12. The number of rotatable bonds is 3. The summed E-state index contributed by atoms with van der Waals surface area (Å²) in [6.07, 6.45) is -2.87. The first-order valence-electron chi connectivity index (χ1n) is 10.3. The van der Waals surface area contributed by atoms with Crippen LogP contribution in [-0.4, -0.2) is 34.9 Å². The molecule has 1 aromatic heterocycles. The van der Waals surface area contributed by atoms with Crippen molar-refractivity contribution in [2.24, 2.45) is 5.92 Å². The molecule has 0 bridgehead atoms. The number of fused-ring (bicyclic) bond motifs is 1.